The Balaban J connectivity index is 2.14. The van der Waals surface area contributed by atoms with Crippen LogP contribution in [0.1, 0.15) is 51.7 Å². The molecule has 5 heteroatoms. The molecule has 0 aliphatic rings. The van der Waals surface area contributed by atoms with Gasteiger partial charge in [-0.3, -0.25) is 14.6 Å². The average Bonchev–Trinajstić information content (AvgIpc) is 2.61. The molecule has 1 aromatic carbocycles. The van der Waals surface area contributed by atoms with Gasteiger partial charge in [-0.05, 0) is 44.0 Å². The Morgan fingerprint density at radius 3 is 2.60 bits per heavy atom. The van der Waals surface area contributed by atoms with E-state index < -0.39 is 0 Å². The van der Waals surface area contributed by atoms with Crippen LogP contribution in [0.5, 0.6) is 0 Å². The summed E-state index contributed by atoms with van der Waals surface area (Å²) in [5.41, 5.74) is 3.57. The van der Waals surface area contributed by atoms with Crippen LogP contribution < -0.4 is 5.32 Å². The predicted molar refractivity (Wildman–Crippen MR) is 100.0 cm³/mol. The second-order valence-electron chi connectivity index (χ2n) is 6.28. The molecule has 1 N–H and O–H groups in total. The fourth-order valence-electron chi connectivity index (χ4n) is 2.55. The van der Waals surface area contributed by atoms with Gasteiger partial charge < -0.3 is 10.2 Å². The molecule has 0 radical (unpaired) electrons. The molecular weight excluding hydrogens is 314 g/mol. The quantitative estimate of drug-likeness (QED) is 0.870. The van der Waals surface area contributed by atoms with E-state index in [0.717, 1.165) is 29.7 Å². The van der Waals surface area contributed by atoms with Crippen molar-refractivity contribution >= 4 is 17.5 Å². The van der Waals surface area contributed by atoms with Gasteiger partial charge in [0.25, 0.3) is 11.8 Å². The van der Waals surface area contributed by atoms with Crippen molar-refractivity contribution in [3.05, 3.63) is 58.9 Å². The topological polar surface area (TPSA) is 62.3 Å². The molecule has 0 unspecified atom stereocenters. The number of carbonyl (C=O) groups is 2. The smallest absolute Gasteiger partial charge is 0.274 e. The van der Waals surface area contributed by atoms with Crippen LogP contribution in [0.3, 0.4) is 0 Å². The van der Waals surface area contributed by atoms with E-state index >= 15 is 0 Å². The van der Waals surface area contributed by atoms with E-state index in [4.69, 9.17) is 0 Å². The van der Waals surface area contributed by atoms with E-state index in [2.05, 4.69) is 17.2 Å². The Morgan fingerprint density at radius 2 is 1.92 bits per heavy atom. The van der Waals surface area contributed by atoms with E-state index in [1.165, 1.54) is 6.20 Å². The van der Waals surface area contributed by atoms with Crippen LogP contribution in [-0.2, 0) is 0 Å². The molecule has 0 bridgehead atoms. The summed E-state index contributed by atoms with van der Waals surface area (Å²) in [5, 5.41) is 2.86. The Morgan fingerprint density at radius 1 is 1.16 bits per heavy atom. The molecule has 2 amide bonds. The first-order chi connectivity index (χ1) is 11.9. The third-order valence-electron chi connectivity index (χ3n) is 4.06. The van der Waals surface area contributed by atoms with E-state index in [0.29, 0.717) is 12.1 Å². The van der Waals surface area contributed by atoms with Gasteiger partial charge in [-0.2, -0.15) is 0 Å². The molecule has 1 heterocycles. The Labute approximate surface area is 149 Å². The standard InChI is InChI=1S/C20H25N3O2/c1-5-6-11-23(4)20(25)16-9-10-21-18(13-16)19(24)22-17-8-7-14(2)12-15(17)3/h7-10,12-13H,5-6,11H2,1-4H3,(H,22,24). The summed E-state index contributed by atoms with van der Waals surface area (Å²) in [4.78, 5) is 30.7. The van der Waals surface area contributed by atoms with Gasteiger partial charge in [0, 0.05) is 31.0 Å². The molecule has 2 aromatic rings. The minimum atomic E-state index is -0.321. The maximum Gasteiger partial charge on any atom is 0.274 e. The fourth-order valence-corrected chi connectivity index (χ4v) is 2.55. The molecule has 0 saturated carbocycles. The normalized spacial score (nSPS) is 10.4. The highest BCUT2D eigenvalue weighted by atomic mass is 16.2. The van der Waals surface area contributed by atoms with E-state index in [9.17, 15) is 9.59 Å². The van der Waals surface area contributed by atoms with Gasteiger partial charge in [-0.1, -0.05) is 31.0 Å². The lowest BCUT2D eigenvalue weighted by Crippen LogP contribution is -2.28. The molecule has 132 valence electrons. The van der Waals surface area contributed by atoms with Crippen molar-refractivity contribution in [3.8, 4) is 0 Å². The zero-order chi connectivity index (χ0) is 18.4. The first-order valence-corrected chi connectivity index (χ1v) is 8.52. The predicted octanol–water partition coefficient (Wildman–Crippen LogP) is 3.82. The monoisotopic (exact) mass is 339 g/mol. The van der Waals surface area contributed by atoms with Gasteiger partial charge in [0.05, 0.1) is 0 Å². The van der Waals surface area contributed by atoms with Crippen molar-refractivity contribution in [2.45, 2.75) is 33.6 Å². The second kappa shape index (κ2) is 8.42. The van der Waals surface area contributed by atoms with Crippen molar-refractivity contribution in [2.75, 3.05) is 18.9 Å². The van der Waals surface area contributed by atoms with Gasteiger partial charge in [-0.25, -0.2) is 0 Å². The van der Waals surface area contributed by atoms with Crippen LogP contribution in [0, 0.1) is 13.8 Å². The molecule has 0 atom stereocenters. The number of rotatable bonds is 6. The summed E-state index contributed by atoms with van der Waals surface area (Å²) in [6.45, 7) is 6.73. The molecule has 2 rings (SSSR count). The summed E-state index contributed by atoms with van der Waals surface area (Å²) in [7, 11) is 1.77. The Bertz CT molecular complexity index is 771. The number of anilines is 1. The zero-order valence-electron chi connectivity index (χ0n) is 15.3. The van der Waals surface area contributed by atoms with Gasteiger partial charge in [-0.15, -0.1) is 0 Å². The van der Waals surface area contributed by atoms with Crippen molar-refractivity contribution in [2.24, 2.45) is 0 Å². The lowest BCUT2D eigenvalue weighted by Gasteiger charge is -2.17. The minimum Gasteiger partial charge on any atom is -0.342 e. The number of hydrogen-bond acceptors (Lipinski definition) is 3. The van der Waals surface area contributed by atoms with Crippen molar-refractivity contribution < 1.29 is 9.59 Å². The number of nitrogens with one attached hydrogen (secondary N) is 1. The number of amides is 2. The van der Waals surface area contributed by atoms with Gasteiger partial charge in [0.2, 0.25) is 0 Å². The number of aromatic nitrogens is 1. The average molecular weight is 339 g/mol. The largest absolute Gasteiger partial charge is 0.342 e. The summed E-state index contributed by atoms with van der Waals surface area (Å²) >= 11 is 0. The van der Waals surface area contributed by atoms with E-state index in [1.54, 1.807) is 24.1 Å². The van der Waals surface area contributed by atoms with E-state index in [-0.39, 0.29) is 17.5 Å². The van der Waals surface area contributed by atoms with Crippen molar-refractivity contribution in [1.82, 2.24) is 9.88 Å². The highest BCUT2D eigenvalue weighted by Crippen LogP contribution is 2.17. The number of benzene rings is 1. The highest BCUT2D eigenvalue weighted by Gasteiger charge is 2.15. The summed E-state index contributed by atoms with van der Waals surface area (Å²) in [6.07, 6.45) is 3.47. The number of unbranched alkanes of at least 4 members (excludes halogenated alkanes) is 1. The molecule has 0 aliphatic carbocycles. The summed E-state index contributed by atoms with van der Waals surface area (Å²) < 4.78 is 0. The van der Waals surface area contributed by atoms with Crippen LogP contribution in [0.15, 0.2) is 36.5 Å². The first kappa shape index (κ1) is 18.6. The minimum absolute atomic E-state index is 0.101. The lowest BCUT2D eigenvalue weighted by molar-refractivity contribution is 0.0793. The third-order valence-corrected chi connectivity index (χ3v) is 4.06. The highest BCUT2D eigenvalue weighted by molar-refractivity contribution is 6.05. The van der Waals surface area contributed by atoms with Crippen LogP contribution in [-0.4, -0.2) is 35.3 Å². The van der Waals surface area contributed by atoms with Crippen LogP contribution >= 0.6 is 0 Å². The maximum atomic E-state index is 12.5. The molecule has 0 saturated heterocycles. The Hall–Kier alpha value is -2.69. The van der Waals surface area contributed by atoms with Gasteiger partial charge >= 0.3 is 0 Å². The summed E-state index contributed by atoms with van der Waals surface area (Å²) in [5.74, 6) is -0.422. The SMILES string of the molecule is CCCCN(C)C(=O)c1ccnc(C(=O)Nc2ccc(C)cc2C)c1. The lowest BCUT2D eigenvalue weighted by atomic mass is 10.1. The fraction of sp³-hybridized carbons (Fsp3) is 0.350. The van der Waals surface area contributed by atoms with Crippen LogP contribution in [0.2, 0.25) is 0 Å². The van der Waals surface area contributed by atoms with Crippen LogP contribution in [0.4, 0.5) is 5.69 Å². The number of aryl methyl sites for hydroxylation is 2. The van der Waals surface area contributed by atoms with E-state index in [1.807, 2.05) is 32.0 Å². The molecule has 25 heavy (non-hydrogen) atoms. The molecule has 0 aliphatic heterocycles. The van der Waals surface area contributed by atoms with Gasteiger partial charge in [0.15, 0.2) is 0 Å². The maximum absolute atomic E-state index is 12.5. The van der Waals surface area contributed by atoms with Crippen LogP contribution in [0.25, 0.3) is 0 Å². The number of hydrogen-bond donors (Lipinski definition) is 1. The number of carbonyl (C=O) groups excluding carboxylic acids is 2. The number of nitrogens with zero attached hydrogens (tertiary/aromatic N) is 2. The third kappa shape index (κ3) is 4.89. The second-order valence-corrected chi connectivity index (χ2v) is 6.28. The zero-order valence-corrected chi connectivity index (χ0v) is 15.3. The molecule has 0 spiro atoms. The molecule has 5 nitrogen and oxygen atoms in total. The van der Waals surface area contributed by atoms with Gasteiger partial charge in [0.1, 0.15) is 5.69 Å². The van der Waals surface area contributed by atoms with Crippen molar-refractivity contribution in [3.63, 3.8) is 0 Å². The number of pyridine rings is 1. The van der Waals surface area contributed by atoms with Crippen molar-refractivity contribution in [1.29, 1.82) is 0 Å². The first-order valence-electron chi connectivity index (χ1n) is 8.52. The molecule has 1 aromatic heterocycles. The summed E-state index contributed by atoms with van der Waals surface area (Å²) in [6, 6.07) is 9.00. The Kier molecular flexibility index (Phi) is 6.28. The molecular formula is C20H25N3O2. The molecule has 0 fully saturated rings.